The number of carbonyl (C=O) groups is 1. The maximum Gasteiger partial charge on any atom is 0.230 e. The van der Waals surface area contributed by atoms with Crippen molar-refractivity contribution in [1.82, 2.24) is 9.97 Å². The van der Waals surface area contributed by atoms with E-state index in [2.05, 4.69) is 25.9 Å². The van der Waals surface area contributed by atoms with E-state index in [1.807, 2.05) is 38.1 Å². The Bertz CT molecular complexity index is 1050. The zero-order chi connectivity index (χ0) is 18.6. The first kappa shape index (κ1) is 16.1. The third-order valence-corrected chi connectivity index (χ3v) is 5.08. The molecule has 3 N–H and O–H groups in total. The summed E-state index contributed by atoms with van der Waals surface area (Å²) in [6, 6.07) is 8.25. The van der Waals surface area contributed by atoms with Crippen LogP contribution >= 0.6 is 0 Å². The number of hydrogen-bond acceptors (Lipinski definition) is 6. The highest BCUT2D eigenvalue weighted by atomic mass is 16.3. The molecular weight excluding hydrogens is 342 g/mol. The van der Waals surface area contributed by atoms with Gasteiger partial charge in [0.1, 0.15) is 5.52 Å². The molecule has 2 aromatic heterocycles. The SMILES string of the molecule is CC1(C)Cc2ccc(Nc3nc(NC4CC4)c4occc4n3)cc2NC1=O. The first-order chi connectivity index (χ1) is 13.0. The smallest absolute Gasteiger partial charge is 0.230 e. The topological polar surface area (TPSA) is 92.1 Å². The fourth-order valence-electron chi connectivity index (χ4n) is 3.34. The van der Waals surface area contributed by atoms with Crippen LogP contribution in [0.1, 0.15) is 32.3 Å². The molecule has 1 fully saturated rings. The lowest BCUT2D eigenvalue weighted by Gasteiger charge is -2.30. The van der Waals surface area contributed by atoms with E-state index in [4.69, 9.17) is 4.42 Å². The van der Waals surface area contributed by atoms with Crippen molar-refractivity contribution < 1.29 is 9.21 Å². The normalized spacial score (nSPS) is 18.1. The Hall–Kier alpha value is -3.09. The number of furan rings is 1. The molecule has 1 aromatic carbocycles. The number of rotatable bonds is 4. The first-order valence-corrected chi connectivity index (χ1v) is 9.21. The molecular formula is C20H21N5O2. The molecule has 3 aromatic rings. The summed E-state index contributed by atoms with van der Waals surface area (Å²) in [4.78, 5) is 21.4. The highest BCUT2D eigenvalue weighted by Crippen LogP contribution is 2.35. The summed E-state index contributed by atoms with van der Waals surface area (Å²) >= 11 is 0. The summed E-state index contributed by atoms with van der Waals surface area (Å²) < 4.78 is 5.53. The van der Waals surface area contributed by atoms with Gasteiger partial charge in [-0.2, -0.15) is 4.98 Å². The van der Waals surface area contributed by atoms with E-state index in [0.29, 0.717) is 23.4 Å². The molecule has 0 bridgehead atoms. The maximum absolute atomic E-state index is 12.2. The van der Waals surface area contributed by atoms with Crippen LogP contribution in [0.4, 0.5) is 23.1 Å². The molecule has 1 aliphatic carbocycles. The van der Waals surface area contributed by atoms with Gasteiger partial charge in [-0.1, -0.05) is 19.9 Å². The number of nitrogens with one attached hydrogen (secondary N) is 3. The predicted octanol–water partition coefficient (Wildman–Crippen LogP) is 4.06. The van der Waals surface area contributed by atoms with Gasteiger partial charge in [-0.05, 0) is 37.0 Å². The molecule has 7 nitrogen and oxygen atoms in total. The van der Waals surface area contributed by atoms with E-state index >= 15 is 0 Å². The maximum atomic E-state index is 12.2. The van der Waals surface area contributed by atoms with Crippen molar-refractivity contribution in [3.05, 3.63) is 36.1 Å². The number of amides is 1. The molecule has 0 atom stereocenters. The zero-order valence-electron chi connectivity index (χ0n) is 15.3. The van der Waals surface area contributed by atoms with Crippen LogP contribution in [0.5, 0.6) is 0 Å². The molecule has 1 amide bonds. The van der Waals surface area contributed by atoms with Gasteiger partial charge in [0, 0.05) is 28.9 Å². The highest BCUT2D eigenvalue weighted by Gasteiger charge is 2.33. The van der Waals surface area contributed by atoms with E-state index in [0.717, 1.165) is 41.7 Å². The lowest BCUT2D eigenvalue weighted by Crippen LogP contribution is -2.37. The summed E-state index contributed by atoms with van der Waals surface area (Å²) in [6.45, 7) is 3.92. The van der Waals surface area contributed by atoms with Gasteiger partial charge < -0.3 is 20.4 Å². The minimum Gasteiger partial charge on any atom is -0.459 e. The molecule has 0 radical (unpaired) electrons. The standard InChI is InChI=1S/C20H21N5O2/c1-20(2)10-11-3-4-13(9-15(11)23-18(20)26)22-19-24-14-7-8-27-16(14)17(25-19)21-12-5-6-12/h3-4,7-9,12H,5-6,10H2,1-2H3,(H,23,26)(H2,21,22,24,25). The Kier molecular flexibility index (Phi) is 3.40. The first-order valence-electron chi connectivity index (χ1n) is 9.21. The Labute approximate surface area is 156 Å². The van der Waals surface area contributed by atoms with Crippen molar-refractivity contribution in [2.75, 3.05) is 16.0 Å². The van der Waals surface area contributed by atoms with Crippen molar-refractivity contribution in [2.24, 2.45) is 5.41 Å². The van der Waals surface area contributed by atoms with E-state index < -0.39 is 0 Å². The molecule has 1 aliphatic heterocycles. The van der Waals surface area contributed by atoms with Gasteiger partial charge in [-0.15, -0.1) is 0 Å². The van der Waals surface area contributed by atoms with Gasteiger partial charge in [0.05, 0.1) is 6.26 Å². The van der Waals surface area contributed by atoms with Crippen LogP contribution in [0.25, 0.3) is 11.1 Å². The molecule has 3 heterocycles. The lowest BCUT2D eigenvalue weighted by atomic mass is 9.81. The molecule has 1 saturated carbocycles. The van der Waals surface area contributed by atoms with Crippen LogP contribution < -0.4 is 16.0 Å². The van der Waals surface area contributed by atoms with Crippen LogP contribution in [0.2, 0.25) is 0 Å². The quantitative estimate of drug-likeness (QED) is 0.647. The van der Waals surface area contributed by atoms with Crippen LogP contribution in [0, 0.1) is 5.41 Å². The summed E-state index contributed by atoms with van der Waals surface area (Å²) in [6.07, 6.45) is 4.64. The van der Waals surface area contributed by atoms with Crippen molar-refractivity contribution in [3.63, 3.8) is 0 Å². The Morgan fingerprint density at radius 3 is 2.89 bits per heavy atom. The van der Waals surface area contributed by atoms with E-state index in [1.54, 1.807) is 6.26 Å². The minimum atomic E-state index is -0.388. The van der Waals surface area contributed by atoms with Crippen LogP contribution in [0.15, 0.2) is 34.9 Å². The number of fused-ring (bicyclic) bond motifs is 2. The summed E-state index contributed by atoms with van der Waals surface area (Å²) in [7, 11) is 0. The van der Waals surface area contributed by atoms with Crippen molar-refractivity contribution >= 4 is 40.1 Å². The van der Waals surface area contributed by atoms with Gasteiger partial charge in [-0.3, -0.25) is 4.79 Å². The molecule has 138 valence electrons. The van der Waals surface area contributed by atoms with Crippen LogP contribution in [-0.2, 0) is 11.2 Å². The van der Waals surface area contributed by atoms with Gasteiger partial charge in [0.2, 0.25) is 11.9 Å². The van der Waals surface area contributed by atoms with Gasteiger partial charge in [0.15, 0.2) is 11.4 Å². The van der Waals surface area contributed by atoms with Crippen LogP contribution in [-0.4, -0.2) is 21.9 Å². The Balaban J connectivity index is 1.45. The monoisotopic (exact) mass is 363 g/mol. The number of anilines is 4. The predicted molar refractivity (Wildman–Crippen MR) is 104 cm³/mol. The number of nitrogens with zero attached hydrogens (tertiary/aromatic N) is 2. The van der Waals surface area contributed by atoms with Crippen molar-refractivity contribution in [2.45, 2.75) is 39.2 Å². The summed E-state index contributed by atoms with van der Waals surface area (Å²) in [5.74, 6) is 1.25. The lowest BCUT2D eigenvalue weighted by molar-refractivity contribution is -0.124. The average molecular weight is 363 g/mol. The van der Waals surface area contributed by atoms with Crippen molar-refractivity contribution in [3.8, 4) is 0 Å². The second kappa shape index (κ2) is 5.70. The summed E-state index contributed by atoms with van der Waals surface area (Å²) in [5.41, 5.74) is 3.84. The molecule has 0 unspecified atom stereocenters. The van der Waals surface area contributed by atoms with E-state index in [9.17, 15) is 4.79 Å². The van der Waals surface area contributed by atoms with Gasteiger partial charge in [0.25, 0.3) is 0 Å². The molecule has 27 heavy (non-hydrogen) atoms. The highest BCUT2D eigenvalue weighted by molar-refractivity contribution is 5.98. The number of aromatic nitrogens is 2. The Morgan fingerprint density at radius 2 is 2.07 bits per heavy atom. The Morgan fingerprint density at radius 1 is 1.22 bits per heavy atom. The number of hydrogen-bond donors (Lipinski definition) is 3. The van der Waals surface area contributed by atoms with Gasteiger partial charge in [-0.25, -0.2) is 4.98 Å². The minimum absolute atomic E-state index is 0.0409. The third-order valence-electron chi connectivity index (χ3n) is 5.08. The third kappa shape index (κ3) is 2.99. The second-order valence-corrected chi connectivity index (χ2v) is 7.96. The molecule has 2 aliphatic rings. The second-order valence-electron chi connectivity index (χ2n) is 7.96. The fourth-order valence-corrected chi connectivity index (χ4v) is 3.34. The summed E-state index contributed by atoms with van der Waals surface area (Å²) in [5, 5.41) is 9.64. The fraction of sp³-hybridized carbons (Fsp3) is 0.350. The van der Waals surface area contributed by atoms with Gasteiger partial charge >= 0.3 is 0 Å². The number of carbonyl (C=O) groups excluding carboxylic acids is 1. The largest absolute Gasteiger partial charge is 0.459 e. The zero-order valence-corrected chi connectivity index (χ0v) is 15.3. The van der Waals surface area contributed by atoms with Crippen LogP contribution in [0.3, 0.4) is 0 Å². The average Bonchev–Trinajstić information content (AvgIpc) is 3.30. The van der Waals surface area contributed by atoms with Crippen molar-refractivity contribution in [1.29, 1.82) is 0 Å². The molecule has 0 spiro atoms. The molecule has 7 heteroatoms. The molecule has 5 rings (SSSR count). The van der Waals surface area contributed by atoms with E-state index in [-0.39, 0.29) is 11.3 Å². The van der Waals surface area contributed by atoms with E-state index in [1.165, 1.54) is 0 Å². The molecule has 0 saturated heterocycles. The number of benzene rings is 1.